The van der Waals surface area contributed by atoms with E-state index in [1.807, 2.05) is 6.92 Å². The molecule has 100 valence electrons. The minimum atomic E-state index is -0.292. The molecule has 0 bridgehead atoms. The zero-order chi connectivity index (χ0) is 13.8. The maximum atomic E-state index is 12.0. The molecule has 2 rings (SSSR count). The topological polar surface area (TPSA) is 79.8 Å². The zero-order valence-corrected chi connectivity index (χ0v) is 12.0. The summed E-state index contributed by atoms with van der Waals surface area (Å²) in [6.45, 7) is 4.40. The molecular weight excluding hydrogens is 286 g/mol. The van der Waals surface area contributed by atoms with Crippen LogP contribution in [0.15, 0.2) is 12.1 Å². The van der Waals surface area contributed by atoms with Crippen LogP contribution in [0.5, 0.6) is 0 Å². The lowest BCUT2D eigenvalue weighted by molar-refractivity contribution is 0.102. The summed E-state index contributed by atoms with van der Waals surface area (Å²) in [5.41, 5.74) is 0.420. The quantitative estimate of drug-likeness (QED) is 0.848. The van der Waals surface area contributed by atoms with E-state index < -0.39 is 0 Å². The Morgan fingerprint density at radius 2 is 2.21 bits per heavy atom. The third-order valence-corrected chi connectivity index (χ3v) is 3.08. The van der Waals surface area contributed by atoms with Gasteiger partial charge in [-0.2, -0.15) is 4.37 Å². The van der Waals surface area contributed by atoms with Crippen molar-refractivity contribution in [2.45, 2.75) is 13.8 Å². The lowest BCUT2D eigenvalue weighted by Gasteiger charge is -2.06. The number of aryl methyl sites for hydroxylation is 1. The SMILES string of the molecule is CCNc1cc(C(=O)Nc2nc(C)ns2)cc(Cl)n1. The van der Waals surface area contributed by atoms with Crippen molar-refractivity contribution in [2.75, 3.05) is 17.2 Å². The van der Waals surface area contributed by atoms with Crippen LogP contribution in [-0.4, -0.2) is 26.8 Å². The molecule has 2 heterocycles. The van der Waals surface area contributed by atoms with Crippen LogP contribution < -0.4 is 10.6 Å². The second kappa shape index (κ2) is 5.94. The lowest BCUT2D eigenvalue weighted by atomic mass is 10.2. The van der Waals surface area contributed by atoms with Crippen LogP contribution in [0.4, 0.5) is 10.9 Å². The fourth-order valence-electron chi connectivity index (χ4n) is 1.42. The van der Waals surface area contributed by atoms with E-state index in [1.165, 1.54) is 6.07 Å². The second-order valence-electron chi connectivity index (χ2n) is 3.69. The Kier molecular flexibility index (Phi) is 4.28. The van der Waals surface area contributed by atoms with Crippen molar-refractivity contribution >= 4 is 40.0 Å². The Labute approximate surface area is 119 Å². The van der Waals surface area contributed by atoms with Crippen LogP contribution in [0, 0.1) is 6.92 Å². The Hall–Kier alpha value is -1.73. The summed E-state index contributed by atoms with van der Waals surface area (Å²) in [4.78, 5) is 20.2. The molecular formula is C11H12ClN5OS. The highest BCUT2D eigenvalue weighted by Gasteiger charge is 2.11. The summed E-state index contributed by atoms with van der Waals surface area (Å²) in [6, 6.07) is 3.14. The minimum Gasteiger partial charge on any atom is -0.370 e. The molecule has 0 spiro atoms. The number of pyridine rings is 1. The van der Waals surface area contributed by atoms with Crippen LogP contribution in [0.2, 0.25) is 5.15 Å². The van der Waals surface area contributed by atoms with Gasteiger partial charge in [-0.15, -0.1) is 0 Å². The summed E-state index contributed by atoms with van der Waals surface area (Å²) >= 11 is 7.01. The molecule has 2 aromatic heterocycles. The summed E-state index contributed by atoms with van der Waals surface area (Å²) < 4.78 is 3.99. The van der Waals surface area contributed by atoms with Gasteiger partial charge >= 0.3 is 0 Å². The molecule has 0 aromatic carbocycles. The predicted molar refractivity (Wildman–Crippen MR) is 76.0 cm³/mol. The summed E-state index contributed by atoms with van der Waals surface area (Å²) in [6.07, 6.45) is 0. The van der Waals surface area contributed by atoms with E-state index in [1.54, 1.807) is 13.0 Å². The predicted octanol–water partition coefficient (Wildman–Crippen LogP) is 2.58. The molecule has 0 unspecified atom stereocenters. The standard InChI is InChI=1S/C11H12ClN5OS/c1-3-13-9-5-7(4-8(12)15-9)10(18)16-11-14-6(2)17-19-11/h4-5H,3H2,1-2H3,(H,13,15)(H,14,16,17,18). The van der Waals surface area contributed by atoms with Crippen LogP contribution in [-0.2, 0) is 0 Å². The molecule has 6 nitrogen and oxygen atoms in total. The van der Waals surface area contributed by atoms with Gasteiger partial charge in [-0.1, -0.05) is 11.6 Å². The smallest absolute Gasteiger partial charge is 0.257 e. The van der Waals surface area contributed by atoms with Crippen molar-refractivity contribution in [1.29, 1.82) is 0 Å². The Balaban J connectivity index is 2.18. The largest absolute Gasteiger partial charge is 0.370 e. The first-order valence-electron chi connectivity index (χ1n) is 5.61. The molecule has 0 atom stereocenters. The first-order chi connectivity index (χ1) is 9.08. The van der Waals surface area contributed by atoms with Crippen molar-refractivity contribution in [2.24, 2.45) is 0 Å². The van der Waals surface area contributed by atoms with Gasteiger partial charge in [0.15, 0.2) is 0 Å². The van der Waals surface area contributed by atoms with Gasteiger partial charge in [-0.05, 0) is 26.0 Å². The lowest BCUT2D eigenvalue weighted by Crippen LogP contribution is -2.13. The highest BCUT2D eigenvalue weighted by Crippen LogP contribution is 2.17. The van der Waals surface area contributed by atoms with E-state index in [9.17, 15) is 4.79 Å². The fourth-order valence-corrected chi connectivity index (χ4v) is 2.20. The number of nitrogens with one attached hydrogen (secondary N) is 2. The Morgan fingerprint density at radius 3 is 2.84 bits per heavy atom. The zero-order valence-electron chi connectivity index (χ0n) is 10.4. The van der Waals surface area contributed by atoms with E-state index >= 15 is 0 Å². The normalized spacial score (nSPS) is 10.3. The third kappa shape index (κ3) is 3.62. The van der Waals surface area contributed by atoms with Crippen molar-refractivity contribution in [3.8, 4) is 0 Å². The molecule has 0 radical (unpaired) electrons. The van der Waals surface area contributed by atoms with Gasteiger partial charge in [0, 0.05) is 23.6 Å². The molecule has 0 aliphatic carbocycles. The molecule has 19 heavy (non-hydrogen) atoms. The number of carbonyl (C=O) groups is 1. The van der Waals surface area contributed by atoms with Crippen LogP contribution in [0.25, 0.3) is 0 Å². The number of carbonyl (C=O) groups excluding carboxylic acids is 1. The average Bonchev–Trinajstić information content (AvgIpc) is 2.74. The van der Waals surface area contributed by atoms with E-state index in [0.29, 0.717) is 28.9 Å². The highest BCUT2D eigenvalue weighted by atomic mass is 35.5. The monoisotopic (exact) mass is 297 g/mol. The third-order valence-electron chi connectivity index (χ3n) is 2.16. The Bertz CT molecular complexity index is 601. The molecule has 0 aliphatic heterocycles. The first-order valence-corrected chi connectivity index (χ1v) is 6.76. The van der Waals surface area contributed by atoms with Gasteiger partial charge in [0.25, 0.3) is 5.91 Å². The first kappa shape index (κ1) is 13.7. The number of rotatable bonds is 4. The number of amides is 1. The molecule has 1 amide bonds. The number of nitrogens with zero attached hydrogens (tertiary/aromatic N) is 3. The summed E-state index contributed by atoms with van der Waals surface area (Å²) in [7, 11) is 0. The van der Waals surface area contributed by atoms with Gasteiger partial charge < -0.3 is 5.32 Å². The molecule has 0 aliphatic rings. The van der Waals surface area contributed by atoms with E-state index in [0.717, 1.165) is 11.5 Å². The van der Waals surface area contributed by atoms with Crippen molar-refractivity contribution < 1.29 is 4.79 Å². The van der Waals surface area contributed by atoms with Gasteiger partial charge in [-0.25, -0.2) is 9.97 Å². The van der Waals surface area contributed by atoms with Crippen LogP contribution in [0.1, 0.15) is 23.1 Å². The minimum absolute atomic E-state index is 0.261. The second-order valence-corrected chi connectivity index (χ2v) is 4.83. The van der Waals surface area contributed by atoms with Gasteiger partial charge in [0.2, 0.25) is 5.13 Å². The number of anilines is 2. The van der Waals surface area contributed by atoms with E-state index in [2.05, 4.69) is 25.0 Å². The maximum Gasteiger partial charge on any atom is 0.257 e. The molecule has 0 saturated heterocycles. The molecule has 0 saturated carbocycles. The van der Waals surface area contributed by atoms with Crippen molar-refractivity contribution in [3.05, 3.63) is 28.7 Å². The van der Waals surface area contributed by atoms with Crippen LogP contribution in [0.3, 0.4) is 0 Å². The average molecular weight is 298 g/mol. The molecule has 0 fully saturated rings. The van der Waals surface area contributed by atoms with Gasteiger partial charge in [0.1, 0.15) is 16.8 Å². The Morgan fingerprint density at radius 1 is 1.42 bits per heavy atom. The van der Waals surface area contributed by atoms with Gasteiger partial charge in [-0.3, -0.25) is 10.1 Å². The number of hydrogen-bond acceptors (Lipinski definition) is 6. The molecule has 2 N–H and O–H groups in total. The molecule has 8 heteroatoms. The number of halogens is 1. The van der Waals surface area contributed by atoms with E-state index in [4.69, 9.17) is 11.6 Å². The molecule has 2 aromatic rings. The maximum absolute atomic E-state index is 12.0. The summed E-state index contributed by atoms with van der Waals surface area (Å²) in [5.74, 6) is 0.898. The van der Waals surface area contributed by atoms with Crippen LogP contribution >= 0.6 is 23.1 Å². The number of hydrogen-bond donors (Lipinski definition) is 2. The van der Waals surface area contributed by atoms with E-state index in [-0.39, 0.29) is 11.1 Å². The van der Waals surface area contributed by atoms with Gasteiger partial charge in [0.05, 0.1) is 0 Å². The fraction of sp³-hybridized carbons (Fsp3) is 0.273. The summed E-state index contributed by atoms with van der Waals surface area (Å²) in [5, 5.41) is 6.40. The number of aromatic nitrogens is 3. The van der Waals surface area contributed by atoms with Crippen molar-refractivity contribution in [1.82, 2.24) is 14.3 Å². The highest BCUT2D eigenvalue weighted by molar-refractivity contribution is 7.09. The van der Waals surface area contributed by atoms with Crippen molar-refractivity contribution in [3.63, 3.8) is 0 Å².